The second-order valence-corrected chi connectivity index (χ2v) is 6.96. The molecule has 2 rings (SSSR count). The molecule has 1 aromatic heterocycles. The number of benzene rings is 1. The highest BCUT2D eigenvalue weighted by atomic mass is 35.5. The molecule has 0 atom stereocenters. The summed E-state index contributed by atoms with van der Waals surface area (Å²) in [5.41, 5.74) is 1.36. The fraction of sp³-hybridized carbons (Fsp3) is 0.235. The van der Waals surface area contributed by atoms with Crippen molar-refractivity contribution >= 4 is 35.0 Å². The summed E-state index contributed by atoms with van der Waals surface area (Å²) in [5, 5.41) is 1.01. The van der Waals surface area contributed by atoms with Gasteiger partial charge in [0.1, 0.15) is 11.0 Å². The lowest BCUT2D eigenvalue weighted by Crippen LogP contribution is -2.56. The second-order valence-electron chi connectivity index (χ2n) is 6.19. The van der Waals surface area contributed by atoms with Crippen molar-refractivity contribution in [1.82, 2.24) is 15.4 Å². The highest BCUT2D eigenvalue weighted by Gasteiger charge is 2.32. The predicted octanol–water partition coefficient (Wildman–Crippen LogP) is 4.11. The maximum Gasteiger partial charge on any atom is 0.275 e. The quantitative estimate of drug-likeness (QED) is 0.626. The van der Waals surface area contributed by atoms with Gasteiger partial charge < -0.3 is 0 Å². The number of rotatable bonds is 2. The van der Waals surface area contributed by atoms with Crippen LogP contribution in [0, 0.1) is 5.82 Å². The van der Waals surface area contributed by atoms with E-state index in [1.165, 1.54) is 24.4 Å². The number of amides is 2. The van der Waals surface area contributed by atoms with Crippen LogP contribution in [0.5, 0.6) is 0 Å². The molecular formula is C17H16Cl2FN3O2. The Labute approximate surface area is 154 Å². The summed E-state index contributed by atoms with van der Waals surface area (Å²) in [6.45, 7) is 5.12. The maximum absolute atomic E-state index is 14.0. The van der Waals surface area contributed by atoms with Gasteiger partial charge in [0, 0.05) is 6.20 Å². The molecule has 1 N–H and O–H groups in total. The molecule has 5 nitrogen and oxygen atoms in total. The van der Waals surface area contributed by atoms with Gasteiger partial charge in [0.05, 0.1) is 21.7 Å². The van der Waals surface area contributed by atoms with E-state index in [0.717, 1.165) is 11.1 Å². The summed E-state index contributed by atoms with van der Waals surface area (Å²) < 4.78 is 14.0. The van der Waals surface area contributed by atoms with Gasteiger partial charge >= 0.3 is 0 Å². The van der Waals surface area contributed by atoms with Crippen LogP contribution in [0.1, 0.15) is 41.5 Å². The third kappa shape index (κ3) is 4.27. The van der Waals surface area contributed by atoms with Gasteiger partial charge in [-0.25, -0.2) is 14.4 Å². The average molecular weight is 384 g/mol. The van der Waals surface area contributed by atoms with Gasteiger partial charge in [0.25, 0.3) is 11.8 Å². The summed E-state index contributed by atoms with van der Waals surface area (Å²) >= 11 is 11.9. The Hall–Kier alpha value is -2.18. The summed E-state index contributed by atoms with van der Waals surface area (Å²) in [7, 11) is 0. The lowest BCUT2D eigenvalue weighted by Gasteiger charge is -2.35. The van der Waals surface area contributed by atoms with Crippen molar-refractivity contribution in [1.29, 1.82) is 0 Å². The number of nitrogens with zero attached hydrogens (tertiary/aromatic N) is 2. The largest absolute Gasteiger partial charge is 0.275 e. The first kappa shape index (κ1) is 19.1. The van der Waals surface area contributed by atoms with E-state index in [1.807, 2.05) is 0 Å². The van der Waals surface area contributed by atoms with Crippen LogP contribution in [0.25, 0.3) is 0 Å². The minimum atomic E-state index is -0.841. The lowest BCUT2D eigenvalue weighted by atomic mass is 10.1. The maximum atomic E-state index is 14.0. The van der Waals surface area contributed by atoms with Crippen molar-refractivity contribution in [2.75, 3.05) is 0 Å². The smallest absolute Gasteiger partial charge is 0.267 e. The van der Waals surface area contributed by atoms with E-state index >= 15 is 0 Å². The molecule has 0 unspecified atom stereocenters. The van der Waals surface area contributed by atoms with Crippen LogP contribution in [0.4, 0.5) is 4.39 Å². The normalized spacial score (nSPS) is 11.1. The Balaban J connectivity index is 2.38. The zero-order chi connectivity index (χ0) is 18.8. The summed E-state index contributed by atoms with van der Waals surface area (Å²) in [6, 6.07) is 6.92. The average Bonchev–Trinajstić information content (AvgIpc) is 2.51. The number of nitrogens with one attached hydrogen (secondary N) is 1. The van der Waals surface area contributed by atoms with Gasteiger partial charge in [0.2, 0.25) is 0 Å². The summed E-state index contributed by atoms with van der Waals surface area (Å²) in [5.74, 6) is -2.21. The Kier molecular flexibility index (Phi) is 5.65. The van der Waals surface area contributed by atoms with E-state index in [-0.39, 0.29) is 21.3 Å². The molecule has 0 aliphatic rings. The molecule has 0 fully saturated rings. The number of carbonyl (C=O) groups excluding carboxylic acids is 2. The van der Waals surface area contributed by atoms with Crippen molar-refractivity contribution in [2.24, 2.45) is 0 Å². The second kappa shape index (κ2) is 7.37. The Bertz CT molecular complexity index is 802. The first-order chi connectivity index (χ1) is 11.6. The molecule has 0 saturated carbocycles. The van der Waals surface area contributed by atoms with Gasteiger partial charge in [-0.1, -0.05) is 29.3 Å². The van der Waals surface area contributed by atoms with Crippen LogP contribution < -0.4 is 5.43 Å². The number of carbonyl (C=O) groups is 2. The van der Waals surface area contributed by atoms with E-state index in [2.05, 4.69) is 10.4 Å². The molecule has 1 aromatic carbocycles. The first-order valence-electron chi connectivity index (χ1n) is 7.33. The van der Waals surface area contributed by atoms with Crippen LogP contribution in [0.3, 0.4) is 0 Å². The van der Waals surface area contributed by atoms with Crippen LogP contribution >= 0.6 is 23.2 Å². The van der Waals surface area contributed by atoms with Crippen molar-refractivity contribution in [3.63, 3.8) is 0 Å². The van der Waals surface area contributed by atoms with Crippen LogP contribution in [-0.2, 0) is 0 Å². The van der Waals surface area contributed by atoms with Crippen molar-refractivity contribution in [2.45, 2.75) is 26.3 Å². The highest BCUT2D eigenvalue weighted by Crippen LogP contribution is 2.22. The van der Waals surface area contributed by atoms with Crippen molar-refractivity contribution in [3.8, 4) is 0 Å². The molecule has 0 aliphatic heterocycles. The lowest BCUT2D eigenvalue weighted by molar-refractivity contribution is 0.0357. The molecule has 2 aromatic rings. The van der Waals surface area contributed by atoms with Crippen LogP contribution in [0.2, 0.25) is 10.2 Å². The molecule has 25 heavy (non-hydrogen) atoms. The van der Waals surface area contributed by atoms with Gasteiger partial charge in [-0.05, 0) is 45.0 Å². The molecule has 0 bridgehead atoms. The number of hydrogen-bond donors (Lipinski definition) is 1. The third-order valence-corrected chi connectivity index (χ3v) is 3.88. The topological polar surface area (TPSA) is 62.3 Å². The highest BCUT2D eigenvalue weighted by molar-refractivity contribution is 6.34. The van der Waals surface area contributed by atoms with E-state index in [1.54, 1.807) is 26.8 Å². The minimum absolute atomic E-state index is 0.0000712. The zero-order valence-corrected chi connectivity index (χ0v) is 15.3. The first-order valence-corrected chi connectivity index (χ1v) is 8.08. The molecule has 1 heterocycles. The molecule has 0 spiro atoms. The molecule has 0 saturated heterocycles. The molecule has 2 amide bonds. The van der Waals surface area contributed by atoms with Crippen LogP contribution in [0.15, 0.2) is 36.5 Å². The predicted molar refractivity (Wildman–Crippen MR) is 94.0 cm³/mol. The standard InChI is InChI=1S/C17H16Cl2FN3O2/c1-17(2,3)23(16(25)10-6-5-9-21-14(10)19)22-15(24)13-11(18)7-4-8-12(13)20/h4-9H,1-3H3,(H,22,24). The van der Waals surface area contributed by atoms with Gasteiger partial charge in [-0.3, -0.25) is 15.0 Å². The number of pyridine rings is 1. The van der Waals surface area contributed by atoms with Gasteiger partial charge in [-0.15, -0.1) is 0 Å². The molecule has 0 aliphatic carbocycles. The van der Waals surface area contributed by atoms with E-state index in [0.29, 0.717) is 0 Å². The van der Waals surface area contributed by atoms with E-state index < -0.39 is 23.2 Å². The number of halogens is 3. The van der Waals surface area contributed by atoms with Gasteiger partial charge in [0.15, 0.2) is 0 Å². The summed E-state index contributed by atoms with van der Waals surface area (Å²) in [4.78, 5) is 29.1. The minimum Gasteiger partial charge on any atom is -0.267 e. The summed E-state index contributed by atoms with van der Waals surface area (Å²) in [6.07, 6.45) is 1.44. The monoisotopic (exact) mass is 383 g/mol. The molecule has 8 heteroatoms. The SMILES string of the molecule is CC(C)(C)N(NC(=O)c1c(F)cccc1Cl)C(=O)c1cccnc1Cl. The fourth-order valence-electron chi connectivity index (χ4n) is 2.06. The van der Waals surface area contributed by atoms with E-state index in [4.69, 9.17) is 23.2 Å². The van der Waals surface area contributed by atoms with Crippen molar-refractivity contribution < 1.29 is 14.0 Å². The zero-order valence-electron chi connectivity index (χ0n) is 13.8. The number of hydrogen-bond acceptors (Lipinski definition) is 3. The number of aromatic nitrogens is 1. The Morgan fingerprint density at radius 3 is 2.40 bits per heavy atom. The van der Waals surface area contributed by atoms with Crippen molar-refractivity contribution in [3.05, 3.63) is 63.6 Å². The third-order valence-electron chi connectivity index (χ3n) is 3.27. The van der Waals surface area contributed by atoms with E-state index in [9.17, 15) is 14.0 Å². The fourth-order valence-corrected chi connectivity index (χ4v) is 2.51. The molecular weight excluding hydrogens is 368 g/mol. The Morgan fingerprint density at radius 1 is 1.16 bits per heavy atom. The number of hydrazine groups is 1. The molecule has 132 valence electrons. The molecule has 0 radical (unpaired) electrons. The van der Waals surface area contributed by atoms with Gasteiger partial charge in [-0.2, -0.15) is 0 Å². The Morgan fingerprint density at radius 2 is 1.84 bits per heavy atom. The van der Waals surface area contributed by atoms with Crippen LogP contribution in [-0.4, -0.2) is 27.3 Å².